The minimum Gasteiger partial charge on any atom is -0.337 e. The van der Waals surface area contributed by atoms with Crippen molar-refractivity contribution in [1.29, 1.82) is 0 Å². The van der Waals surface area contributed by atoms with Gasteiger partial charge in [0.05, 0.1) is 10.5 Å². The number of piperidine rings is 1. The topological polar surface area (TPSA) is 118 Å². The van der Waals surface area contributed by atoms with Crippen molar-refractivity contribution in [3.63, 3.8) is 0 Å². The molecule has 2 amide bonds. The molecular formula is C28H23F2N5O4. The molecule has 1 N–H and O–H groups in total. The van der Waals surface area contributed by atoms with Gasteiger partial charge in [-0.3, -0.25) is 24.7 Å². The number of likely N-dealkylation sites (tertiary alicyclic amines) is 1. The Bertz CT molecular complexity index is 1600. The van der Waals surface area contributed by atoms with Gasteiger partial charge in [0.1, 0.15) is 17.4 Å². The number of rotatable bonds is 5. The molecule has 0 spiro atoms. The molecule has 3 heterocycles. The first-order chi connectivity index (χ1) is 18.7. The van der Waals surface area contributed by atoms with Crippen LogP contribution in [0.1, 0.15) is 50.7 Å². The smallest absolute Gasteiger partial charge is 0.290 e. The predicted octanol–water partition coefficient (Wildman–Crippen LogP) is 5.40. The lowest BCUT2D eigenvalue weighted by molar-refractivity contribution is -0.385. The summed E-state index contributed by atoms with van der Waals surface area (Å²) in [7, 11) is 0. The molecule has 1 aliphatic rings. The van der Waals surface area contributed by atoms with Crippen LogP contribution in [0.25, 0.3) is 10.9 Å². The third kappa shape index (κ3) is 5.28. The van der Waals surface area contributed by atoms with Gasteiger partial charge in [-0.15, -0.1) is 0 Å². The van der Waals surface area contributed by atoms with E-state index in [1.807, 2.05) is 12.1 Å². The number of aryl methyl sites for hydroxylation is 1. The summed E-state index contributed by atoms with van der Waals surface area (Å²) in [4.78, 5) is 45.6. The van der Waals surface area contributed by atoms with E-state index in [0.29, 0.717) is 29.7 Å². The van der Waals surface area contributed by atoms with Crippen LogP contribution in [0.3, 0.4) is 0 Å². The van der Waals surface area contributed by atoms with Crippen LogP contribution in [0.2, 0.25) is 0 Å². The lowest BCUT2D eigenvalue weighted by atomic mass is 9.89. The summed E-state index contributed by atoms with van der Waals surface area (Å²) in [6.07, 6.45) is 3.80. The minimum absolute atomic E-state index is 0.120. The second kappa shape index (κ2) is 10.5. The molecule has 9 nitrogen and oxygen atoms in total. The van der Waals surface area contributed by atoms with Gasteiger partial charge in [-0.2, -0.15) is 0 Å². The highest BCUT2D eigenvalue weighted by atomic mass is 19.2. The molecule has 0 saturated carbocycles. The molecule has 198 valence electrons. The van der Waals surface area contributed by atoms with E-state index in [1.165, 1.54) is 24.4 Å². The molecular weight excluding hydrogens is 508 g/mol. The molecule has 0 unspecified atom stereocenters. The minimum atomic E-state index is -1.05. The maximum atomic E-state index is 13.9. The number of nitrogens with one attached hydrogen (secondary N) is 1. The van der Waals surface area contributed by atoms with Crippen molar-refractivity contribution < 1.29 is 23.3 Å². The molecule has 0 radical (unpaired) electrons. The van der Waals surface area contributed by atoms with E-state index in [-0.39, 0.29) is 34.3 Å². The zero-order chi connectivity index (χ0) is 27.7. The number of carbonyl (C=O) groups is 2. The Morgan fingerprint density at radius 2 is 1.74 bits per heavy atom. The van der Waals surface area contributed by atoms with E-state index in [4.69, 9.17) is 0 Å². The molecule has 39 heavy (non-hydrogen) atoms. The van der Waals surface area contributed by atoms with Gasteiger partial charge in [-0.1, -0.05) is 12.1 Å². The third-order valence-corrected chi connectivity index (χ3v) is 6.93. The van der Waals surface area contributed by atoms with Crippen molar-refractivity contribution in [2.75, 3.05) is 18.4 Å². The zero-order valence-corrected chi connectivity index (χ0v) is 20.9. The molecule has 1 fully saturated rings. The van der Waals surface area contributed by atoms with Crippen molar-refractivity contribution in [1.82, 2.24) is 14.9 Å². The molecule has 2 aromatic carbocycles. The van der Waals surface area contributed by atoms with Crippen LogP contribution in [0.4, 0.5) is 20.2 Å². The fourth-order valence-corrected chi connectivity index (χ4v) is 4.74. The van der Waals surface area contributed by atoms with E-state index in [2.05, 4.69) is 15.3 Å². The first kappa shape index (κ1) is 25.8. The summed E-state index contributed by atoms with van der Waals surface area (Å²) >= 11 is 0. The van der Waals surface area contributed by atoms with E-state index in [0.717, 1.165) is 30.7 Å². The summed E-state index contributed by atoms with van der Waals surface area (Å²) in [5.41, 5.74) is 2.19. The van der Waals surface area contributed by atoms with Crippen LogP contribution >= 0.6 is 0 Å². The molecule has 0 atom stereocenters. The summed E-state index contributed by atoms with van der Waals surface area (Å²) in [5, 5.41) is 14.1. The Labute approximate surface area is 221 Å². The SMILES string of the molecule is Cc1cc(C(=O)N2CCC(c3ccc(NC(=O)c4cnc5c(F)c(F)ccc5c4)cc3)CC2)ncc1[N+](=O)[O-]. The number of anilines is 1. The first-order valence-corrected chi connectivity index (χ1v) is 12.3. The predicted molar refractivity (Wildman–Crippen MR) is 140 cm³/mol. The van der Waals surface area contributed by atoms with Gasteiger partial charge in [0.25, 0.3) is 17.5 Å². The van der Waals surface area contributed by atoms with Gasteiger partial charge in [-0.05, 0) is 67.6 Å². The van der Waals surface area contributed by atoms with Crippen LogP contribution in [-0.2, 0) is 0 Å². The molecule has 4 aromatic rings. The fourth-order valence-electron chi connectivity index (χ4n) is 4.74. The van der Waals surface area contributed by atoms with Crippen molar-refractivity contribution in [3.8, 4) is 0 Å². The standard InChI is InChI=1S/C28H23F2N5O4/c1-16-12-23(31-15-24(16)35(38)39)28(37)34-10-8-18(9-11-34)17-2-5-21(6-3-17)33-27(36)20-13-19-4-7-22(29)25(30)26(19)32-14-20/h2-7,12-15,18H,8-11H2,1H3,(H,33,36). The van der Waals surface area contributed by atoms with Crippen LogP contribution in [0.5, 0.6) is 0 Å². The molecule has 11 heteroatoms. The molecule has 0 aliphatic carbocycles. The lowest BCUT2D eigenvalue weighted by Gasteiger charge is -2.32. The average molecular weight is 532 g/mol. The number of fused-ring (bicyclic) bond motifs is 1. The number of nitrogens with zero attached hydrogens (tertiary/aromatic N) is 4. The van der Waals surface area contributed by atoms with Gasteiger partial charge in [0.15, 0.2) is 11.6 Å². The molecule has 5 rings (SSSR count). The number of hydrogen-bond donors (Lipinski definition) is 1. The maximum absolute atomic E-state index is 13.9. The maximum Gasteiger partial charge on any atom is 0.290 e. The first-order valence-electron chi connectivity index (χ1n) is 12.3. The average Bonchev–Trinajstić information content (AvgIpc) is 2.94. The number of pyridine rings is 2. The van der Waals surface area contributed by atoms with Crippen LogP contribution in [-0.4, -0.2) is 44.7 Å². The van der Waals surface area contributed by atoms with E-state index < -0.39 is 22.5 Å². The monoisotopic (exact) mass is 531 g/mol. The molecule has 1 aliphatic heterocycles. The summed E-state index contributed by atoms with van der Waals surface area (Å²) in [5.74, 6) is -2.50. The van der Waals surface area contributed by atoms with Crippen LogP contribution in [0, 0.1) is 28.7 Å². The van der Waals surface area contributed by atoms with Crippen molar-refractivity contribution in [3.05, 3.63) is 105 Å². The Balaban J connectivity index is 1.19. The number of carbonyl (C=O) groups excluding carboxylic acids is 2. The van der Waals surface area contributed by atoms with E-state index >= 15 is 0 Å². The zero-order valence-electron chi connectivity index (χ0n) is 20.9. The van der Waals surface area contributed by atoms with Gasteiger partial charge in [0, 0.05) is 35.9 Å². The van der Waals surface area contributed by atoms with E-state index in [9.17, 15) is 28.5 Å². The number of amides is 2. The summed E-state index contributed by atoms with van der Waals surface area (Å²) < 4.78 is 27.3. The van der Waals surface area contributed by atoms with Gasteiger partial charge in [0.2, 0.25) is 0 Å². The largest absolute Gasteiger partial charge is 0.337 e. The molecule has 0 bridgehead atoms. The van der Waals surface area contributed by atoms with Crippen LogP contribution < -0.4 is 5.32 Å². The van der Waals surface area contributed by atoms with Gasteiger partial charge < -0.3 is 10.2 Å². The van der Waals surface area contributed by atoms with Crippen molar-refractivity contribution >= 4 is 34.1 Å². The van der Waals surface area contributed by atoms with E-state index in [1.54, 1.807) is 24.0 Å². The number of benzene rings is 2. The molecule has 1 saturated heterocycles. The number of nitro groups is 1. The highest BCUT2D eigenvalue weighted by molar-refractivity contribution is 6.05. The summed E-state index contributed by atoms with van der Waals surface area (Å²) in [6, 6.07) is 12.7. The Morgan fingerprint density at radius 1 is 1.03 bits per heavy atom. The number of hydrogen-bond acceptors (Lipinski definition) is 6. The Morgan fingerprint density at radius 3 is 2.41 bits per heavy atom. The van der Waals surface area contributed by atoms with Crippen molar-refractivity contribution in [2.45, 2.75) is 25.7 Å². The highest BCUT2D eigenvalue weighted by Gasteiger charge is 2.26. The highest BCUT2D eigenvalue weighted by Crippen LogP contribution is 2.30. The van der Waals surface area contributed by atoms with Gasteiger partial charge in [-0.25, -0.2) is 13.8 Å². The van der Waals surface area contributed by atoms with Crippen LogP contribution in [0.15, 0.2) is 60.9 Å². The molecule has 2 aromatic heterocycles. The van der Waals surface area contributed by atoms with Crippen molar-refractivity contribution in [2.24, 2.45) is 0 Å². The lowest BCUT2D eigenvalue weighted by Crippen LogP contribution is -2.38. The Kier molecular flexibility index (Phi) is 6.97. The third-order valence-electron chi connectivity index (χ3n) is 6.93. The summed E-state index contributed by atoms with van der Waals surface area (Å²) in [6.45, 7) is 2.63. The Hall–Kier alpha value is -4.80. The quantitative estimate of drug-likeness (QED) is 0.272. The second-order valence-electron chi connectivity index (χ2n) is 9.41. The normalized spacial score (nSPS) is 13.9. The number of aromatic nitrogens is 2. The number of halogens is 2. The fraction of sp³-hybridized carbons (Fsp3) is 0.214. The van der Waals surface area contributed by atoms with Gasteiger partial charge >= 0.3 is 0 Å². The second-order valence-corrected chi connectivity index (χ2v) is 9.41.